The summed E-state index contributed by atoms with van der Waals surface area (Å²) in [6.45, 7) is 8.91. The first-order valence-electron chi connectivity index (χ1n) is 10.3. The van der Waals surface area contributed by atoms with Crippen molar-refractivity contribution < 1.29 is 18.7 Å². The Labute approximate surface area is 177 Å². The first-order chi connectivity index (χ1) is 14.2. The number of amides is 2. The molecule has 30 heavy (non-hydrogen) atoms. The summed E-state index contributed by atoms with van der Waals surface area (Å²) in [5, 5.41) is 2.86. The Bertz CT molecular complexity index is 923. The van der Waals surface area contributed by atoms with Crippen LogP contribution in [0.2, 0.25) is 0 Å². The van der Waals surface area contributed by atoms with Gasteiger partial charge in [-0.2, -0.15) is 0 Å². The largest absolute Gasteiger partial charge is 0.490 e. The van der Waals surface area contributed by atoms with Crippen LogP contribution in [0.5, 0.6) is 5.75 Å². The smallest absolute Gasteiger partial charge is 0.236 e. The highest BCUT2D eigenvalue weighted by Crippen LogP contribution is 2.38. The molecule has 2 aromatic rings. The van der Waals surface area contributed by atoms with E-state index in [0.29, 0.717) is 23.9 Å². The third kappa shape index (κ3) is 5.17. The van der Waals surface area contributed by atoms with E-state index in [1.807, 2.05) is 19.9 Å². The Hall–Kier alpha value is -2.89. The van der Waals surface area contributed by atoms with Crippen LogP contribution in [0.1, 0.15) is 39.7 Å². The SMILES string of the molecule is CC(C)CCN1C(=O)C(C)(C)COc2cc(NC(=O)Cc3ccc(F)cc3)ccc21. The van der Waals surface area contributed by atoms with Crippen molar-refractivity contribution in [1.29, 1.82) is 0 Å². The Kier molecular flexibility index (Phi) is 6.44. The van der Waals surface area contributed by atoms with Crippen molar-refractivity contribution >= 4 is 23.2 Å². The number of fused-ring (bicyclic) bond motifs is 1. The molecular weight excluding hydrogens is 383 g/mol. The molecule has 0 saturated heterocycles. The zero-order chi connectivity index (χ0) is 21.9. The monoisotopic (exact) mass is 412 g/mol. The molecule has 2 amide bonds. The first-order valence-corrected chi connectivity index (χ1v) is 10.3. The van der Waals surface area contributed by atoms with Gasteiger partial charge in [-0.05, 0) is 56.0 Å². The molecule has 1 aliphatic heterocycles. The number of nitrogens with zero attached hydrogens (tertiary/aromatic N) is 1. The molecular formula is C24H29FN2O3. The first kappa shape index (κ1) is 21.8. The second-order valence-corrected chi connectivity index (χ2v) is 8.85. The highest BCUT2D eigenvalue weighted by atomic mass is 19.1. The lowest BCUT2D eigenvalue weighted by molar-refractivity contribution is -0.127. The molecule has 0 bridgehead atoms. The summed E-state index contributed by atoms with van der Waals surface area (Å²) < 4.78 is 19.0. The van der Waals surface area contributed by atoms with Crippen molar-refractivity contribution in [2.24, 2.45) is 11.3 Å². The summed E-state index contributed by atoms with van der Waals surface area (Å²) in [5.74, 6) is 0.551. The molecule has 1 aliphatic rings. The lowest BCUT2D eigenvalue weighted by Gasteiger charge is -2.28. The molecule has 0 radical (unpaired) electrons. The number of hydrogen-bond acceptors (Lipinski definition) is 3. The molecule has 0 atom stereocenters. The molecule has 0 saturated carbocycles. The van der Waals surface area contributed by atoms with Crippen LogP contribution in [0.25, 0.3) is 0 Å². The van der Waals surface area contributed by atoms with Gasteiger partial charge in [-0.25, -0.2) is 4.39 Å². The van der Waals surface area contributed by atoms with E-state index in [1.54, 1.807) is 29.2 Å². The van der Waals surface area contributed by atoms with E-state index >= 15 is 0 Å². The molecule has 0 spiro atoms. The lowest BCUT2D eigenvalue weighted by Crippen LogP contribution is -2.42. The number of carbonyl (C=O) groups is 2. The number of halogens is 1. The molecule has 1 N–H and O–H groups in total. The van der Waals surface area contributed by atoms with Crippen LogP contribution in [0.4, 0.5) is 15.8 Å². The van der Waals surface area contributed by atoms with Gasteiger partial charge in [-0.1, -0.05) is 26.0 Å². The van der Waals surface area contributed by atoms with Gasteiger partial charge in [0.2, 0.25) is 11.8 Å². The standard InChI is InChI=1S/C24H29FN2O3/c1-16(2)11-12-27-20-10-9-19(14-21(20)30-15-24(3,4)23(27)29)26-22(28)13-17-5-7-18(25)8-6-17/h5-10,14,16H,11-13,15H2,1-4H3,(H,26,28). The Morgan fingerprint density at radius 2 is 1.90 bits per heavy atom. The zero-order valence-corrected chi connectivity index (χ0v) is 18.0. The summed E-state index contributed by atoms with van der Waals surface area (Å²) in [4.78, 5) is 27.3. The van der Waals surface area contributed by atoms with Crippen molar-refractivity contribution in [3.05, 3.63) is 53.8 Å². The van der Waals surface area contributed by atoms with Crippen molar-refractivity contribution in [2.75, 3.05) is 23.4 Å². The third-order valence-corrected chi connectivity index (χ3v) is 5.15. The molecule has 0 fully saturated rings. The van der Waals surface area contributed by atoms with Gasteiger partial charge in [0.1, 0.15) is 18.2 Å². The van der Waals surface area contributed by atoms with Gasteiger partial charge in [0.05, 0.1) is 17.5 Å². The van der Waals surface area contributed by atoms with E-state index in [9.17, 15) is 14.0 Å². The van der Waals surface area contributed by atoms with Crippen LogP contribution < -0.4 is 15.0 Å². The second kappa shape index (κ2) is 8.86. The van der Waals surface area contributed by atoms with Crippen molar-refractivity contribution in [3.8, 4) is 5.75 Å². The van der Waals surface area contributed by atoms with Crippen LogP contribution in [-0.4, -0.2) is 25.0 Å². The second-order valence-electron chi connectivity index (χ2n) is 8.85. The number of hydrogen-bond donors (Lipinski definition) is 1. The van der Waals surface area contributed by atoms with Crippen LogP contribution in [0, 0.1) is 17.2 Å². The minimum Gasteiger partial charge on any atom is -0.490 e. The van der Waals surface area contributed by atoms with Crippen LogP contribution in [0.3, 0.4) is 0 Å². The molecule has 0 unspecified atom stereocenters. The number of benzene rings is 2. The number of ether oxygens (including phenoxy) is 1. The fourth-order valence-corrected chi connectivity index (χ4v) is 3.33. The number of carbonyl (C=O) groups excluding carboxylic acids is 2. The van der Waals surface area contributed by atoms with Gasteiger partial charge in [0.25, 0.3) is 0 Å². The minimum atomic E-state index is -0.637. The normalized spacial score (nSPS) is 15.4. The quantitative estimate of drug-likeness (QED) is 0.741. The maximum Gasteiger partial charge on any atom is 0.236 e. The maximum atomic E-state index is 13.1. The average molecular weight is 413 g/mol. The molecule has 0 aliphatic carbocycles. The van der Waals surface area contributed by atoms with E-state index in [2.05, 4.69) is 19.2 Å². The minimum absolute atomic E-state index is 0.0370. The highest BCUT2D eigenvalue weighted by molar-refractivity contribution is 6.00. The summed E-state index contributed by atoms with van der Waals surface area (Å²) in [5.41, 5.74) is 1.41. The summed E-state index contributed by atoms with van der Waals surface area (Å²) in [6.07, 6.45) is 1.03. The number of anilines is 2. The zero-order valence-electron chi connectivity index (χ0n) is 18.0. The van der Waals surface area contributed by atoms with E-state index in [1.165, 1.54) is 12.1 Å². The van der Waals surface area contributed by atoms with Crippen molar-refractivity contribution in [1.82, 2.24) is 0 Å². The van der Waals surface area contributed by atoms with Gasteiger partial charge in [-0.15, -0.1) is 0 Å². The predicted molar refractivity (Wildman–Crippen MR) is 116 cm³/mol. The van der Waals surface area contributed by atoms with Gasteiger partial charge in [0, 0.05) is 18.3 Å². The van der Waals surface area contributed by atoms with Crippen LogP contribution in [-0.2, 0) is 16.0 Å². The topological polar surface area (TPSA) is 58.6 Å². The maximum absolute atomic E-state index is 13.1. The summed E-state index contributed by atoms with van der Waals surface area (Å²) in [7, 11) is 0. The van der Waals surface area contributed by atoms with Crippen molar-refractivity contribution in [2.45, 2.75) is 40.5 Å². The third-order valence-electron chi connectivity index (χ3n) is 5.15. The Morgan fingerprint density at radius 3 is 2.57 bits per heavy atom. The van der Waals surface area contributed by atoms with Crippen LogP contribution >= 0.6 is 0 Å². The molecule has 1 heterocycles. The Balaban J connectivity index is 1.79. The van der Waals surface area contributed by atoms with Crippen LogP contribution in [0.15, 0.2) is 42.5 Å². The molecule has 5 nitrogen and oxygen atoms in total. The molecule has 160 valence electrons. The number of nitrogens with one attached hydrogen (secondary N) is 1. The molecule has 2 aromatic carbocycles. The fourth-order valence-electron chi connectivity index (χ4n) is 3.33. The lowest BCUT2D eigenvalue weighted by atomic mass is 9.92. The molecule has 3 rings (SSSR count). The summed E-state index contributed by atoms with van der Waals surface area (Å²) >= 11 is 0. The van der Waals surface area contributed by atoms with Gasteiger partial charge in [0.15, 0.2) is 0 Å². The fraction of sp³-hybridized carbons (Fsp3) is 0.417. The van der Waals surface area contributed by atoms with E-state index in [4.69, 9.17) is 4.74 Å². The predicted octanol–water partition coefficient (Wildman–Crippen LogP) is 4.80. The Morgan fingerprint density at radius 1 is 1.20 bits per heavy atom. The van der Waals surface area contributed by atoms with Crippen molar-refractivity contribution in [3.63, 3.8) is 0 Å². The highest BCUT2D eigenvalue weighted by Gasteiger charge is 2.37. The van der Waals surface area contributed by atoms with Gasteiger partial charge in [-0.3, -0.25) is 9.59 Å². The summed E-state index contributed by atoms with van der Waals surface area (Å²) in [6, 6.07) is 11.2. The van der Waals surface area contributed by atoms with E-state index in [-0.39, 0.29) is 30.7 Å². The van der Waals surface area contributed by atoms with E-state index in [0.717, 1.165) is 17.7 Å². The van der Waals surface area contributed by atoms with E-state index < -0.39 is 5.41 Å². The average Bonchev–Trinajstić information content (AvgIpc) is 2.77. The number of rotatable bonds is 6. The molecule has 6 heteroatoms. The van der Waals surface area contributed by atoms with Gasteiger partial charge >= 0.3 is 0 Å². The van der Waals surface area contributed by atoms with Gasteiger partial charge < -0.3 is 15.0 Å². The molecule has 0 aromatic heterocycles.